The third kappa shape index (κ3) is 2.24. The van der Waals surface area contributed by atoms with Gasteiger partial charge < -0.3 is 10.3 Å². The molecule has 2 N–H and O–H groups in total. The van der Waals surface area contributed by atoms with Crippen LogP contribution in [0.3, 0.4) is 0 Å². The van der Waals surface area contributed by atoms with Crippen molar-refractivity contribution >= 4 is 5.91 Å². The Kier molecular flexibility index (Phi) is 3.31. The Bertz CT molecular complexity index is 959. The van der Waals surface area contributed by atoms with Gasteiger partial charge >= 0.3 is 0 Å². The van der Waals surface area contributed by atoms with Gasteiger partial charge in [-0.3, -0.25) is 9.59 Å². The fourth-order valence-corrected chi connectivity index (χ4v) is 3.27. The Labute approximate surface area is 139 Å². The van der Waals surface area contributed by atoms with Gasteiger partial charge in [0, 0.05) is 5.69 Å². The Morgan fingerprint density at radius 2 is 1.50 bits per heavy atom. The number of carbonyl (C=O) groups is 1. The number of amides is 1. The zero-order chi connectivity index (χ0) is 16.7. The van der Waals surface area contributed by atoms with Gasteiger partial charge in [-0.1, -0.05) is 48.5 Å². The molecule has 0 saturated carbocycles. The first kappa shape index (κ1) is 14.5. The van der Waals surface area contributed by atoms with E-state index in [-0.39, 0.29) is 23.1 Å². The van der Waals surface area contributed by atoms with Gasteiger partial charge in [-0.05, 0) is 41.3 Å². The quantitative estimate of drug-likeness (QED) is 0.763. The van der Waals surface area contributed by atoms with Crippen molar-refractivity contribution < 1.29 is 4.79 Å². The van der Waals surface area contributed by atoms with Crippen molar-refractivity contribution in [3.63, 3.8) is 0 Å². The molecule has 0 saturated heterocycles. The van der Waals surface area contributed by atoms with Gasteiger partial charge in [0.15, 0.2) is 0 Å². The van der Waals surface area contributed by atoms with Crippen LogP contribution in [0.15, 0.2) is 65.5 Å². The molecule has 24 heavy (non-hydrogen) atoms. The van der Waals surface area contributed by atoms with E-state index in [0.29, 0.717) is 0 Å². The summed E-state index contributed by atoms with van der Waals surface area (Å²) in [6.45, 7) is 1.78. The lowest BCUT2D eigenvalue weighted by Gasteiger charge is -2.15. The molecule has 0 bridgehead atoms. The molecule has 4 heteroatoms. The van der Waals surface area contributed by atoms with E-state index in [1.807, 2.05) is 36.4 Å². The van der Waals surface area contributed by atoms with Crippen molar-refractivity contribution in [3.8, 4) is 11.1 Å². The Hall–Kier alpha value is -3.14. The molecular weight excluding hydrogens is 300 g/mol. The van der Waals surface area contributed by atoms with Crippen LogP contribution in [-0.2, 0) is 0 Å². The van der Waals surface area contributed by atoms with E-state index in [9.17, 15) is 9.59 Å². The van der Waals surface area contributed by atoms with Gasteiger partial charge in [-0.25, -0.2) is 0 Å². The number of hydrogen-bond donors (Lipinski definition) is 2. The first-order valence-corrected chi connectivity index (χ1v) is 7.84. The highest BCUT2D eigenvalue weighted by Gasteiger charge is 2.29. The van der Waals surface area contributed by atoms with E-state index in [1.165, 1.54) is 0 Å². The molecule has 1 aliphatic carbocycles. The van der Waals surface area contributed by atoms with Crippen LogP contribution in [-0.4, -0.2) is 10.9 Å². The third-order valence-electron chi connectivity index (χ3n) is 4.41. The molecule has 0 aliphatic heterocycles. The standard InChI is InChI=1S/C20H16N2O2/c1-12-10-11-17(19(23)21-12)20(24)22-18-15-8-4-2-6-13(15)14-7-3-5-9-16(14)18/h2-11,18H,1H3,(H,21,23)(H,22,24). The molecule has 1 aromatic heterocycles. The smallest absolute Gasteiger partial charge is 0.260 e. The van der Waals surface area contributed by atoms with Crippen molar-refractivity contribution in [3.05, 3.63) is 93.4 Å². The average Bonchev–Trinajstić information content (AvgIpc) is 2.89. The number of hydrogen-bond acceptors (Lipinski definition) is 2. The minimum absolute atomic E-state index is 0.127. The van der Waals surface area contributed by atoms with Gasteiger partial charge in [-0.2, -0.15) is 0 Å². The van der Waals surface area contributed by atoms with Crippen molar-refractivity contribution in [2.75, 3.05) is 0 Å². The van der Waals surface area contributed by atoms with Crippen LogP contribution in [0.5, 0.6) is 0 Å². The number of H-pyrrole nitrogens is 1. The lowest BCUT2D eigenvalue weighted by Crippen LogP contribution is -2.32. The van der Waals surface area contributed by atoms with Gasteiger partial charge in [0.25, 0.3) is 11.5 Å². The van der Waals surface area contributed by atoms with Crippen LogP contribution in [0.4, 0.5) is 0 Å². The lowest BCUT2D eigenvalue weighted by atomic mass is 10.0. The van der Waals surface area contributed by atoms with E-state index in [0.717, 1.165) is 27.9 Å². The number of carbonyl (C=O) groups excluding carboxylic acids is 1. The number of aryl methyl sites for hydroxylation is 1. The van der Waals surface area contributed by atoms with Gasteiger partial charge in [0.2, 0.25) is 0 Å². The van der Waals surface area contributed by atoms with Crippen LogP contribution < -0.4 is 10.9 Å². The molecule has 3 aromatic rings. The maximum atomic E-state index is 12.6. The number of benzene rings is 2. The molecule has 0 unspecified atom stereocenters. The molecule has 1 aliphatic rings. The van der Waals surface area contributed by atoms with Crippen LogP contribution in [0.25, 0.3) is 11.1 Å². The summed E-state index contributed by atoms with van der Waals surface area (Å²) in [7, 11) is 0. The fourth-order valence-electron chi connectivity index (χ4n) is 3.27. The zero-order valence-electron chi connectivity index (χ0n) is 13.2. The summed E-state index contributed by atoms with van der Waals surface area (Å²) in [5.41, 5.74) is 4.83. The molecule has 0 radical (unpaired) electrons. The topological polar surface area (TPSA) is 62.0 Å². The summed E-state index contributed by atoms with van der Waals surface area (Å²) in [6, 6.07) is 19.1. The fraction of sp³-hybridized carbons (Fsp3) is 0.100. The minimum Gasteiger partial charge on any atom is -0.341 e. The summed E-state index contributed by atoms with van der Waals surface area (Å²) in [5, 5.41) is 3.01. The average molecular weight is 316 g/mol. The second kappa shape index (κ2) is 5.49. The van der Waals surface area contributed by atoms with Crippen molar-refractivity contribution in [2.45, 2.75) is 13.0 Å². The summed E-state index contributed by atoms with van der Waals surface area (Å²) in [6.07, 6.45) is 0. The highest BCUT2D eigenvalue weighted by atomic mass is 16.2. The molecular formula is C20H16N2O2. The maximum absolute atomic E-state index is 12.6. The van der Waals surface area contributed by atoms with Crippen molar-refractivity contribution in [1.29, 1.82) is 0 Å². The first-order chi connectivity index (χ1) is 11.6. The predicted molar refractivity (Wildman–Crippen MR) is 93.0 cm³/mol. The number of rotatable bonds is 2. The summed E-state index contributed by atoms with van der Waals surface area (Å²) in [5.74, 6) is -0.368. The molecule has 4 nitrogen and oxygen atoms in total. The molecule has 0 atom stereocenters. The van der Waals surface area contributed by atoms with Crippen molar-refractivity contribution in [1.82, 2.24) is 10.3 Å². The van der Waals surface area contributed by atoms with Crippen LogP contribution in [0, 0.1) is 6.92 Å². The summed E-state index contributed by atoms with van der Waals surface area (Å²) < 4.78 is 0. The highest BCUT2D eigenvalue weighted by molar-refractivity contribution is 5.95. The van der Waals surface area contributed by atoms with E-state index in [4.69, 9.17) is 0 Å². The second-order valence-electron chi connectivity index (χ2n) is 5.97. The molecule has 2 aromatic carbocycles. The Morgan fingerprint density at radius 1 is 0.917 bits per heavy atom. The van der Waals surface area contributed by atoms with Crippen LogP contribution in [0.2, 0.25) is 0 Å². The highest BCUT2D eigenvalue weighted by Crippen LogP contribution is 2.42. The number of nitrogens with one attached hydrogen (secondary N) is 2. The molecule has 4 rings (SSSR count). The molecule has 1 amide bonds. The normalized spacial score (nSPS) is 12.5. The molecule has 0 spiro atoms. The van der Waals surface area contributed by atoms with Crippen LogP contribution in [0.1, 0.15) is 33.2 Å². The second-order valence-corrected chi connectivity index (χ2v) is 5.97. The van der Waals surface area contributed by atoms with E-state index in [1.54, 1.807) is 19.1 Å². The van der Waals surface area contributed by atoms with E-state index in [2.05, 4.69) is 22.4 Å². The van der Waals surface area contributed by atoms with E-state index < -0.39 is 0 Å². The monoisotopic (exact) mass is 316 g/mol. The SMILES string of the molecule is Cc1ccc(C(=O)NC2c3ccccc3-c3ccccc32)c(=O)[nH]1. The number of fused-ring (bicyclic) bond motifs is 3. The van der Waals surface area contributed by atoms with E-state index >= 15 is 0 Å². The molecule has 1 heterocycles. The number of aromatic amines is 1. The number of pyridine rings is 1. The van der Waals surface area contributed by atoms with Gasteiger partial charge in [-0.15, -0.1) is 0 Å². The van der Waals surface area contributed by atoms with Gasteiger partial charge in [0.1, 0.15) is 5.56 Å². The molecule has 118 valence electrons. The van der Waals surface area contributed by atoms with Crippen LogP contribution >= 0.6 is 0 Å². The largest absolute Gasteiger partial charge is 0.341 e. The minimum atomic E-state index is -0.368. The van der Waals surface area contributed by atoms with Gasteiger partial charge in [0.05, 0.1) is 6.04 Å². The summed E-state index contributed by atoms with van der Waals surface area (Å²) >= 11 is 0. The third-order valence-corrected chi connectivity index (χ3v) is 4.41. The first-order valence-electron chi connectivity index (χ1n) is 7.84. The zero-order valence-corrected chi connectivity index (χ0v) is 13.2. The molecule has 0 fully saturated rings. The number of aromatic nitrogens is 1. The Balaban J connectivity index is 1.75. The lowest BCUT2D eigenvalue weighted by molar-refractivity contribution is 0.0942. The Morgan fingerprint density at radius 3 is 2.08 bits per heavy atom. The van der Waals surface area contributed by atoms with Crippen molar-refractivity contribution in [2.24, 2.45) is 0 Å². The predicted octanol–water partition coefficient (Wildman–Crippen LogP) is 3.18. The summed E-state index contributed by atoms with van der Waals surface area (Å²) in [4.78, 5) is 27.3. The maximum Gasteiger partial charge on any atom is 0.260 e.